The first-order chi connectivity index (χ1) is 10.8. The van der Waals surface area contributed by atoms with Crippen molar-refractivity contribution in [3.05, 3.63) is 34.0 Å². The fourth-order valence-corrected chi connectivity index (χ4v) is 3.92. The molecule has 5 nitrogen and oxygen atoms in total. The summed E-state index contributed by atoms with van der Waals surface area (Å²) in [4.78, 5) is 19.4. The molecule has 6 heteroatoms. The predicted octanol–water partition coefficient (Wildman–Crippen LogP) is 3.08. The molecule has 1 amide bonds. The standard InChI is InChI=1S/C17H24N4OS/c1-17(2,3)16-19-13(11-23-16)8-15(22)21-7-5-6-14(21)12-9-18-20(4)10-12/h9-11,14H,5-8H2,1-4H3/t14-/m0/s1. The van der Waals surface area contributed by atoms with Crippen LogP contribution >= 0.6 is 11.3 Å². The van der Waals surface area contributed by atoms with Gasteiger partial charge in [-0.15, -0.1) is 11.3 Å². The van der Waals surface area contributed by atoms with E-state index in [2.05, 4.69) is 30.9 Å². The van der Waals surface area contributed by atoms with Crippen LogP contribution in [0.3, 0.4) is 0 Å². The van der Waals surface area contributed by atoms with Crippen LogP contribution in [0.25, 0.3) is 0 Å². The average molecular weight is 332 g/mol. The minimum absolute atomic E-state index is 0.0395. The summed E-state index contributed by atoms with van der Waals surface area (Å²) in [5, 5.41) is 7.35. The molecule has 1 fully saturated rings. The van der Waals surface area contributed by atoms with Gasteiger partial charge >= 0.3 is 0 Å². The molecule has 0 N–H and O–H groups in total. The van der Waals surface area contributed by atoms with Gasteiger partial charge in [0, 0.05) is 36.1 Å². The molecule has 1 aliphatic heterocycles. The van der Waals surface area contributed by atoms with Gasteiger partial charge in [0.2, 0.25) is 5.91 Å². The molecular weight excluding hydrogens is 308 g/mol. The summed E-state index contributed by atoms with van der Waals surface area (Å²) in [6.45, 7) is 7.28. The van der Waals surface area contributed by atoms with Gasteiger partial charge in [-0.1, -0.05) is 20.8 Å². The zero-order valence-electron chi connectivity index (χ0n) is 14.2. The van der Waals surface area contributed by atoms with Gasteiger partial charge < -0.3 is 4.90 Å². The highest BCUT2D eigenvalue weighted by atomic mass is 32.1. The van der Waals surface area contributed by atoms with E-state index < -0.39 is 0 Å². The van der Waals surface area contributed by atoms with Crippen molar-refractivity contribution in [3.8, 4) is 0 Å². The van der Waals surface area contributed by atoms with E-state index in [1.54, 1.807) is 16.0 Å². The molecule has 1 aliphatic rings. The molecular formula is C17H24N4OS. The fourth-order valence-electron chi connectivity index (χ4n) is 3.01. The van der Waals surface area contributed by atoms with Gasteiger partial charge in [-0.25, -0.2) is 4.98 Å². The Bertz CT molecular complexity index is 698. The highest BCUT2D eigenvalue weighted by Crippen LogP contribution is 2.32. The van der Waals surface area contributed by atoms with Gasteiger partial charge in [0.15, 0.2) is 0 Å². The van der Waals surface area contributed by atoms with Crippen molar-refractivity contribution in [1.82, 2.24) is 19.7 Å². The van der Waals surface area contributed by atoms with Gasteiger partial charge in [0.25, 0.3) is 0 Å². The number of rotatable bonds is 3. The molecule has 2 aromatic heterocycles. The summed E-state index contributed by atoms with van der Waals surface area (Å²) in [7, 11) is 1.91. The maximum Gasteiger partial charge on any atom is 0.229 e. The minimum Gasteiger partial charge on any atom is -0.335 e. The third kappa shape index (κ3) is 3.47. The van der Waals surface area contributed by atoms with Gasteiger partial charge in [-0.2, -0.15) is 5.10 Å². The number of amides is 1. The molecule has 124 valence electrons. The first-order valence-electron chi connectivity index (χ1n) is 8.07. The third-order valence-electron chi connectivity index (χ3n) is 4.21. The first kappa shape index (κ1) is 16.2. The number of aryl methyl sites for hydroxylation is 1. The molecule has 3 heterocycles. The van der Waals surface area contributed by atoms with Crippen molar-refractivity contribution in [2.75, 3.05) is 6.54 Å². The van der Waals surface area contributed by atoms with Crippen LogP contribution in [0.15, 0.2) is 17.8 Å². The molecule has 23 heavy (non-hydrogen) atoms. The number of hydrogen-bond donors (Lipinski definition) is 0. The Hall–Kier alpha value is -1.69. The van der Waals surface area contributed by atoms with Crippen molar-refractivity contribution in [1.29, 1.82) is 0 Å². The van der Waals surface area contributed by atoms with Gasteiger partial charge in [0.05, 0.1) is 29.4 Å². The predicted molar refractivity (Wildman–Crippen MR) is 91.4 cm³/mol. The largest absolute Gasteiger partial charge is 0.335 e. The lowest BCUT2D eigenvalue weighted by Gasteiger charge is -2.23. The number of aromatic nitrogens is 3. The average Bonchev–Trinajstić information content (AvgIpc) is 3.15. The van der Waals surface area contributed by atoms with E-state index in [9.17, 15) is 4.79 Å². The SMILES string of the molecule is Cn1cc([C@@H]2CCCN2C(=O)Cc2csc(C(C)(C)C)n2)cn1. The number of carbonyl (C=O) groups excluding carboxylic acids is 1. The van der Waals surface area contributed by atoms with Gasteiger partial charge in [-0.05, 0) is 12.8 Å². The number of nitrogens with zero attached hydrogens (tertiary/aromatic N) is 4. The molecule has 0 unspecified atom stereocenters. The third-order valence-corrected chi connectivity index (χ3v) is 5.53. The highest BCUT2D eigenvalue weighted by molar-refractivity contribution is 7.09. The molecule has 1 atom stereocenters. The molecule has 0 bridgehead atoms. The van der Waals surface area contributed by atoms with Crippen LogP contribution in [-0.2, 0) is 23.7 Å². The Kier molecular flexibility index (Phi) is 4.27. The van der Waals surface area contributed by atoms with E-state index in [-0.39, 0.29) is 17.4 Å². The Morgan fingerprint density at radius 1 is 1.43 bits per heavy atom. The van der Waals surface area contributed by atoms with Gasteiger partial charge in [-0.3, -0.25) is 9.48 Å². The Labute approximate surface area is 141 Å². The molecule has 0 saturated carbocycles. The molecule has 0 spiro atoms. The Balaban J connectivity index is 1.71. The molecule has 1 saturated heterocycles. The Morgan fingerprint density at radius 2 is 2.22 bits per heavy atom. The molecule has 2 aromatic rings. The lowest BCUT2D eigenvalue weighted by atomic mass is 9.98. The highest BCUT2D eigenvalue weighted by Gasteiger charge is 2.31. The lowest BCUT2D eigenvalue weighted by Crippen LogP contribution is -2.31. The Morgan fingerprint density at radius 3 is 2.83 bits per heavy atom. The number of thiazole rings is 1. The summed E-state index contributed by atoms with van der Waals surface area (Å²) < 4.78 is 1.80. The zero-order valence-corrected chi connectivity index (χ0v) is 15.1. The van der Waals surface area contributed by atoms with Crippen LogP contribution in [0.2, 0.25) is 0 Å². The van der Waals surface area contributed by atoms with Crippen molar-refractivity contribution in [2.24, 2.45) is 7.05 Å². The van der Waals surface area contributed by atoms with Crippen molar-refractivity contribution >= 4 is 17.2 Å². The van der Waals surface area contributed by atoms with E-state index in [4.69, 9.17) is 0 Å². The van der Waals surface area contributed by atoms with E-state index in [0.29, 0.717) is 6.42 Å². The number of likely N-dealkylation sites (tertiary alicyclic amines) is 1. The summed E-state index contributed by atoms with van der Waals surface area (Å²) in [6, 6.07) is 0.164. The van der Waals surface area contributed by atoms with Crippen LogP contribution in [-0.4, -0.2) is 32.1 Å². The van der Waals surface area contributed by atoms with Crippen molar-refractivity contribution in [3.63, 3.8) is 0 Å². The van der Waals surface area contributed by atoms with Crippen LogP contribution in [0.1, 0.15) is 55.9 Å². The quantitative estimate of drug-likeness (QED) is 0.868. The second-order valence-corrected chi connectivity index (χ2v) is 8.12. The van der Waals surface area contributed by atoms with Crippen LogP contribution in [0.5, 0.6) is 0 Å². The fraction of sp³-hybridized carbons (Fsp3) is 0.588. The lowest BCUT2D eigenvalue weighted by molar-refractivity contribution is -0.131. The zero-order chi connectivity index (χ0) is 16.6. The summed E-state index contributed by atoms with van der Waals surface area (Å²) in [5.74, 6) is 0.169. The second kappa shape index (κ2) is 6.07. The molecule has 0 aliphatic carbocycles. The maximum atomic E-state index is 12.7. The van der Waals surface area contributed by atoms with Crippen molar-refractivity contribution in [2.45, 2.75) is 51.5 Å². The molecule has 0 radical (unpaired) electrons. The van der Waals surface area contributed by atoms with Crippen LogP contribution in [0, 0.1) is 0 Å². The van der Waals surface area contributed by atoms with Crippen LogP contribution < -0.4 is 0 Å². The molecule has 3 rings (SSSR count). The maximum absolute atomic E-state index is 12.7. The van der Waals surface area contributed by atoms with E-state index in [0.717, 1.165) is 35.7 Å². The summed E-state index contributed by atoms with van der Waals surface area (Å²) >= 11 is 1.65. The monoisotopic (exact) mass is 332 g/mol. The van der Waals surface area contributed by atoms with Crippen molar-refractivity contribution < 1.29 is 4.79 Å². The molecule has 0 aromatic carbocycles. The number of carbonyl (C=O) groups is 1. The second-order valence-electron chi connectivity index (χ2n) is 7.26. The van der Waals surface area contributed by atoms with E-state index >= 15 is 0 Å². The topological polar surface area (TPSA) is 51.0 Å². The first-order valence-corrected chi connectivity index (χ1v) is 8.95. The van der Waals surface area contributed by atoms with E-state index in [1.165, 1.54) is 0 Å². The van der Waals surface area contributed by atoms with Gasteiger partial charge in [0.1, 0.15) is 0 Å². The summed E-state index contributed by atoms with van der Waals surface area (Å²) in [6.07, 6.45) is 6.34. The summed E-state index contributed by atoms with van der Waals surface area (Å²) in [5.41, 5.74) is 2.06. The van der Waals surface area contributed by atoms with Crippen LogP contribution in [0.4, 0.5) is 0 Å². The minimum atomic E-state index is 0.0395. The van der Waals surface area contributed by atoms with E-state index in [1.807, 2.05) is 29.7 Å². The number of hydrogen-bond acceptors (Lipinski definition) is 4. The normalized spacial score (nSPS) is 18.6. The smallest absolute Gasteiger partial charge is 0.229 e.